The van der Waals surface area contributed by atoms with Crippen LogP contribution < -0.4 is 10.1 Å². The quantitative estimate of drug-likeness (QED) is 0.763. The molecule has 2 aromatic heterocycles. The summed E-state index contributed by atoms with van der Waals surface area (Å²) < 4.78 is 6.84. The summed E-state index contributed by atoms with van der Waals surface area (Å²) in [7, 11) is 3.26. The normalized spacial score (nSPS) is 11.7. The summed E-state index contributed by atoms with van der Waals surface area (Å²) in [5.74, 6) is 0.374. The highest BCUT2D eigenvalue weighted by molar-refractivity contribution is 5.90. The Hall–Kier alpha value is -3.42. The lowest BCUT2D eigenvalue weighted by Crippen LogP contribution is -2.33. The van der Waals surface area contributed by atoms with E-state index in [-0.39, 0.29) is 12.1 Å². The Labute approximate surface area is 151 Å². The number of benzene rings is 1. The Kier molecular flexibility index (Phi) is 5.12. The molecule has 3 rings (SSSR count). The van der Waals surface area contributed by atoms with Crippen LogP contribution in [0.4, 0.5) is 10.5 Å². The van der Waals surface area contributed by atoms with Crippen LogP contribution in [0.1, 0.15) is 18.5 Å². The molecule has 1 N–H and O–H groups in total. The number of aromatic nitrogens is 4. The summed E-state index contributed by atoms with van der Waals surface area (Å²) in [5.41, 5.74) is 2.44. The van der Waals surface area contributed by atoms with Crippen molar-refractivity contribution in [2.24, 2.45) is 0 Å². The maximum atomic E-state index is 12.6. The van der Waals surface area contributed by atoms with Crippen molar-refractivity contribution in [1.82, 2.24) is 24.6 Å². The van der Waals surface area contributed by atoms with Crippen molar-refractivity contribution in [2.45, 2.75) is 13.0 Å². The lowest BCUT2D eigenvalue weighted by molar-refractivity contribution is 0.208. The van der Waals surface area contributed by atoms with E-state index in [0.717, 1.165) is 11.3 Å². The van der Waals surface area contributed by atoms with Crippen LogP contribution in [0.3, 0.4) is 0 Å². The van der Waals surface area contributed by atoms with E-state index < -0.39 is 0 Å². The van der Waals surface area contributed by atoms with Crippen LogP contribution in [-0.2, 0) is 0 Å². The molecule has 2 amide bonds. The van der Waals surface area contributed by atoms with Gasteiger partial charge in [0, 0.05) is 13.2 Å². The summed E-state index contributed by atoms with van der Waals surface area (Å²) in [6, 6.07) is 10.9. The molecule has 134 valence electrons. The van der Waals surface area contributed by atoms with Crippen LogP contribution in [0.15, 0.2) is 55.2 Å². The first-order chi connectivity index (χ1) is 12.6. The number of pyridine rings is 1. The van der Waals surface area contributed by atoms with E-state index in [4.69, 9.17) is 4.74 Å². The van der Waals surface area contributed by atoms with E-state index >= 15 is 0 Å². The molecule has 8 nitrogen and oxygen atoms in total. The Morgan fingerprint density at radius 3 is 2.69 bits per heavy atom. The number of ether oxygens (including phenoxy) is 1. The summed E-state index contributed by atoms with van der Waals surface area (Å²) >= 11 is 0. The monoisotopic (exact) mass is 352 g/mol. The van der Waals surface area contributed by atoms with Gasteiger partial charge >= 0.3 is 6.03 Å². The summed E-state index contributed by atoms with van der Waals surface area (Å²) in [6.07, 6.45) is 4.73. The molecule has 8 heteroatoms. The van der Waals surface area contributed by atoms with Crippen molar-refractivity contribution in [3.8, 4) is 11.6 Å². The Morgan fingerprint density at radius 2 is 2.04 bits per heavy atom. The number of urea groups is 1. The SMILES string of the molecule is COc1ncccc1NC(=O)N(C)[C@H](C)c1ccc(-n2cncn2)cc1. The summed E-state index contributed by atoms with van der Waals surface area (Å²) in [5, 5.41) is 6.92. The Morgan fingerprint density at radius 1 is 1.27 bits per heavy atom. The average molecular weight is 352 g/mol. The first-order valence-corrected chi connectivity index (χ1v) is 8.08. The second-order valence-corrected chi connectivity index (χ2v) is 5.71. The number of nitrogens with zero attached hydrogens (tertiary/aromatic N) is 5. The molecule has 0 spiro atoms. The topological polar surface area (TPSA) is 85.2 Å². The van der Waals surface area contributed by atoms with Gasteiger partial charge in [-0.2, -0.15) is 5.10 Å². The van der Waals surface area contributed by atoms with Gasteiger partial charge in [0.25, 0.3) is 0 Å². The minimum atomic E-state index is -0.246. The maximum absolute atomic E-state index is 12.6. The second kappa shape index (κ2) is 7.64. The Bertz CT molecular complexity index is 864. The third-order valence-corrected chi connectivity index (χ3v) is 4.17. The van der Waals surface area contributed by atoms with E-state index in [9.17, 15) is 4.79 Å². The largest absolute Gasteiger partial charge is 0.480 e. The van der Waals surface area contributed by atoms with Crippen molar-refractivity contribution >= 4 is 11.7 Å². The van der Waals surface area contributed by atoms with Crippen LogP contribution in [0.25, 0.3) is 5.69 Å². The van der Waals surface area contributed by atoms with Gasteiger partial charge in [-0.3, -0.25) is 0 Å². The zero-order valence-corrected chi connectivity index (χ0v) is 14.8. The molecule has 0 fully saturated rings. The van der Waals surface area contributed by atoms with Gasteiger partial charge in [-0.05, 0) is 36.8 Å². The molecular formula is C18H20N6O2. The minimum absolute atomic E-state index is 0.123. The third kappa shape index (κ3) is 3.64. The highest BCUT2D eigenvalue weighted by Crippen LogP contribution is 2.24. The fourth-order valence-electron chi connectivity index (χ4n) is 2.50. The van der Waals surface area contributed by atoms with Gasteiger partial charge in [-0.1, -0.05) is 12.1 Å². The van der Waals surface area contributed by atoms with Crippen molar-refractivity contribution in [3.63, 3.8) is 0 Å². The average Bonchev–Trinajstić information content (AvgIpc) is 3.22. The van der Waals surface area contributed by atoms with Gasteiger partial charge in [0.05, 0.1) is 18.8 Å². The van der Waals surface area contributed by atoms with Crippen LogP contribution in [-0.4, -0.2) is 44.8 Å². The van der Waals surface area contributed by atoms with Crippen LogP contribution in [0.2, 0.25) is 0 Å². The highest BCUT2D eigenvalue weighted by atomic mass is 16.5. The van der Waals surface area contributed by atoms with Crippen molar-refractivity contribution in [3.05, 3.63) is 60.8 Å². The molecule has 26 heavy (non-hydrogen) atoms. The van der Waals surface area contributed by atoms with Gasteiger partial charge in [-0.15, -0.1) is 0 Å². The molecule has 1 aromatic carbocycles. The van der Waals surface area contributed by atoms with Gasteiger partial charge in [0.2, 0.25) is 5.88 Å². The van der Waals surface area contributed by atoms with E-state index in [1.165, 1.54) is 13.4 Å². The summed E-state index contributed by atoms with van der Waals surface area (Å²) in [6.45, 7) is 1.96. The first-order valence-electron chi connectivity index (χ1n) is 8.08. The van der Waals surface area contributed by atoms with Crippen LogP contribution in [0.5, 0.6) is 5.88 Å². The number of nitrogens with one attached hydrogen (secondary N) is 1. The van der Waals surface area contributed by atoms with Crippen molar-refractivity contribution < 1.29 is 9.53 Å². The number of anilines is 1. The third-order valence-electron chi connectivity index (χ3n) is 4.17. The number of rotatable bonds is 5. The second-order valence-electron chi connectivity index (χ2n) is 5.71. The van der Waals surface area contributed by atoms with Crippen molar-refractivity contribution in [2.75, 3.05) is 19.5 Å². The molecule has 0 saturated carbocycles. The zero-order chi connectivity index (χ0) is 18.5. The maximum Gasteiger partial charge on any atom is 0.322 e. The van der Waals surface area contributed by atoms with Crippen molar-refractivity contribution in [1.29, 1.82) is 0 Å². The number of carbonyl (C=O) groups excluding carboxylic acids is 1. The number of amides is 2. The molecule has 2 heterocycles. The number of methoxy groups -OCH3 is 1. The van der Waals surface area contributed by atoms with Gasteiger partial charge in [0.15, 0.2) is 0 Å². The molecule has 0 radical (unpaired) electrons. The molecule has 1 atom stereocenters. The molecule has 0 aliphatic heterocycles. The van der Waals surface area contributed by atoms with E-state index in [0.29, 0.717) is 11.6 Å². The highest BCUT2D eigenvalue weighted by Gasteiger charge is 2.19. The fraction of sp³-hybridized carbons (Fsp3) is 0.222. The predicted molar refractivity (Wildman–Crippen MR) is 97.3 cm³/mol. The molecule has 0 bridgehead atoms. The number of hydrogen-bond acceptors (Lipinski definition) is 5. The molecule has 0 aliphatic rings. The lowest BCUT2D eigenvalue weighted by Gasteiger charge is -2.26. The van der Waals surface area contributed by atoms with Gasteiger partial charge < -0.3 is 15.0 Å². The molecule has 3 aromatic rings. The van der Waals surface area contributed by atoms with Crippen LogP contribution in [0, 0.1) is 0 Å². The lowest BCUT2D eigenvalue weighted by atomic mass is 10.1. The molecular weight excluding hydrogens is 332 g/mol. The number of carbonyl (C=O) groups is 1. The minimum Gasteiger partial charge on any atom is -0.480 e. The number of hydrogen-bond donors (Lipinski definition) is 1. The van der Waals surface area contributed by atoms with E-state index in [1.807, 2.05) is 31.2 Å². The van der Waals surface area contributed by atoms with Gasteiger partial charge in [0.1, 0.15) is 18.3 Å². The Balaban J connectivity index is 1.70. The zero-order valence-electron chi connectivity index (χ0n) is 14.8. The first kappa shape index (κ1) is 17.4. The molecule has 0 aliphatic carbocycles. The smallest absolute Gasteiger partial charge is 0.322 e. The standard InChI is InChI=1S/C18H20N6O2/c1-13(14-6-8-15(9-7-14)24-12-19-11-21-24)23(2)18(25)22-16-5-4-10-20-17(16)26-3/h4-13H,1-3H3,(H,22,25)/t13-/m1/s1. The van der Waals surface area contributed by atoms with E-state index in [1.54, 1.807) is 41.3 Å². The summed E-state index contributed by atoms with van der Waals surface area (Å²) in [4.78, 5) is 22.2. The van der Waals surface area contributed by atoms with E-state index in [2.05, 4.69) is 20.4 Å². The predicted octanol–water partition coefficient (Wildman–Crippen LogP) is 2.90. The fourth-order valence-corrected chi connectivity index (χ4v) is 2.50. The molecule has 0 saturated heterocycles. The molecule has 0 unspecified atom stereocenters. The van der Waals surface area contributed by atoms with Crippen LogP contribution >= 0.6 is 0 Å². The van der Waals surface area contributed by atoms with Gasteiger partial charge in [-0.25, -0.2) is 19.4 Å².